The lowest BCUT2D eigenvalue weighted by Gasteiger charge is -2.32. The Morgan fingerprint density at radius 3 is 2.46 bits per heavy atom. The van der Waals surface area contributed by atoms with Gasteiger partial charge in [0.25, 0.3) is 0 Å². The normalized spacial score (nSPS) is 15.6. The molecule has 0 atom stereocenters. The molecule has 0 unspecified atom stereocenters. The molecule has 1 heterocycles. The number of hydrogen-bond acceptors (Lipinski definition) is 4. The van der Waals surface area contributed by atoms with Gasteiger partial charge >= 0.3 is 5.97 Å². The molecule has 1 saturated heterocycles. The summed E-state index contributed by atoms with van der Waals surface area (Å²) in [7, 11) is 3.31. The van der Waals surface area contributed by atoms with Gasteiger partial charge < -0.3 is 14.6 Å². The first-order chi connectivity index (χ1) is 12.6. The minimum Gasteiger partial charge on any atom is -0.493 e. The van der Waals surface area contributed by atoms with Crippen molar-refractivity contribution < 1.29 is 19.4 Å². The first kappa shape index (κ1) is 18.3. The van der Waals surface area contributed by atoms with Gasteiger partial charge in [0, 0.05) is 6.54 Å². The van der Waals surface area contributed by atoms with Crippen LogP contribution in [0.3, 0.4) is 0 Å². The molecule has 0 aliphatic carbocycles. The van der Waals surface area contributed by atoms with Gasteiger partial charge in [-0.2, -0.15) is 0 Å². The predicted octanol–water partition coefficient (Wildman–Crippen LogP) is 3.78. The van der Waals surface area contributed by atoms with Gasteiger partial charge in [-0.25, -0.2) is 4.79 Å². The summed E-state index contributed by atoms with van der Waals surface area (Å²) >= 11 is 0. The largest absolute Gasteiger partial charge is 0.493 e. The number of carboxylic acids is 1. The van der Waals surface area contributed by atoms with Crippen LogP contribution in [0.25, 0.3) is 0 Å². The van der Waals surface area contributed by atoms with E-state index in [1.54, 1.807) is 26.4 Å². The molecule has 0 aromatic heterocycles. The van der Waals surface area contributed by atoms with Crippen LogP contribution in [0.15, 0.2) is 42.5 Å². The highest BCUT2D eigenvalue weighted by molar-refractivity contribution is 5.87. The van der Waals surface area contributed by atoms with E-state index in [0.29, 0.717) is 11.5 Å². The topological polar surface area (TPSA) is 59.0 Å². The van der Waals surface area contributed by atoms with Crippen LogP contribution in [0.1, 0.15) is 40.2 Å². The van der Waals surface area contributed by atoms with E-state index in [4.69, 9.17) is 14.6 Å². The van der Waals surface area contributed by atoms with E-state index >= 15 is 0 Å². The molecule has 0 bridgehead atoms. The Kier molecular flexibility index (Phi) is 5.78. The monoisotopic (exact) mass is 355 g/mol. The molecule has 0 radical (unpaired) electrons. The van der Waals surface area contributed by atoms with Crippen molar-refractivity contribution in [2.75, 3.05) is 27.3 Å². The number of piperidine rings is 1. The average molecular weight is 355 g/mol. The molecule has 2 aromatic rings. The number of benzene rings is 2. The van der Waals surface area contributed by atoms with Crippen LogP contribution in [0, 0.1) is 0 Å². The van der Waals surface area contributed by atoms with Crippen LogP contribution in [0.5, 0.6) is 11.5 Å². The second-order valence-electron chi connectivity index (χ2n) is 6.67. The van der Waals surface area contributed by atoms with E-state index in [1.807, 2.05) is 18.2 Å². The smallest absolute Gasteiger partial charge is 0.335 e. The fourth-order valence-electron chi connectivity index (χ4n) is 3.59. The zero-order valence-corrected chi connectivity index (χ0v) is 15.3. The number of rotatable bonds is 6. The van der Waals surface area contributed by atoms with E-state index in [0.717, 1.165) is 49.5 Å². The fourth-order valence-corrected chi connectivity index (χ4v) is 3.59. The zero-order valence-electron chi connectivity index (χ0n) is 15.3. The maximum atomic E-state index is 11.1. The van der Waals surface area contributed by atoms with E-state index in [1.165, 1.54) is 5.56 Å². The average Bonchev–Trinajstić information content (AvgIpc) is 2.68. The van der Waals surface area contributed by atoms with Gasteiger partial charge in [-0.1, -0.05) is 18.2 Å². The minimum atomic E-state index is -0.876. The molecule has 5 nitrogen and oxygen atoms in total. The molecule has 2 aromatic carbocycles. The Labute approximate surface area is 154 Å². The minimum absolute atomic E-state index is 0.350. The molecule has 0 spiro atoms. The summed E-state index contributed by atoms with van der Waals surface area (Å²) in [5, 5.41) is 9.12. The maximum absolute atomic E-state index is 11.1. The highest BCUT2D eigenvalue weighted by Crippen LogP contribution is 2.35. The van der Waals surface area contributed by atoms with Gasteiger partial charge in [0.05, 0.1) is 19.8 Å². The Morgan fingerprint density at radius 1 is 1.08 bits per heavy atom. The lowest BCUT2D eigenvalue weighted by molar-refractivity contribution is 0.0696. The summed E-state index contributed by atoms with van der Waals surface area (Å²) in [6.45, 7) is 2.78. The lowest BCUT2D eigenvalue weighted by atomic mass is 9.89. The van der Waals surface area contributed by atoms with Crippen molar-refractivity contribution in [1.82, 2.24) is 4.90 Å². The number of likely N-dealkylation sites (tertiary alicyclic amines) is 1. The summed E-state index contributed by atoms with van der Waals surface area (Å²) in [6, 6.07) is 13.4. The second-order valence-corrected chi connectivity index (χ2v) is 6.67. The summed E-state index contributed by atoms with van der Waals surface area (Å²) < 4.78 is 10.7. The summed E-state index contributed by atoms with van der Waals surface area (Å²) in [4.78, 5) is 13.5. The lowest BCUT2D eigenvalue weighted by Crippen LogP contribution is -2.32. The molecule has 138 valence electrons. The Balaban J connectivity index is 1.61. The third-order valence-corrected chi connectivity index (χ3v) is 5.05. The molecule has 0 saturated carbocycles. The molecule has 0 amide bonds. The van der Waals surface area contributed by atoms with Gasteiger partial charge in [-0.3, -0.25) is 4.90 Å². The number of carbonyl (C=O) groups is 1. The summed E-state index contributed by atoms with van der Waals surface area (Å²) in [6.07, 6.45) is 2.15. The highest BCUT2D eigenvalue weighted by atomic mass is 16.5. The van der Waals surface area contributed by atoms with Crippen LogP contribution >= 0.6 is 0 Å². The molecular weight excluding hydrogens is 330 g/mol. The van der Waals surface area contributed by atoms with Crippen molar-refractivity contribution in [2.24, 2.45) is 0 Å². The standard InChI is InChI=1S/C21H25NO4/c1-25-19-7-6-17(13-20(19)26-2)16-8-10-22(11-9-16)14-15-4-3-5-18(12-15)21(23)24/h3-7,12-13,16H,8-11,14H2,1-2H3,(H,23,24). The second kappa shape index (κ2) is 8.23. The Hall–Kier alpha value is -2.53. The van der Waals surface area contributed by atoms with E-state index in [-0.39, 0.29) is 0 Å². The van der Waals surface area contributed by atoms with E-state index in [2.05, 4.69) is 17.0 Å². The van der Waals surface area contributed by atoms with Crippen molar-refractivity contribution in [2.45, 2.75) is 25.3 Å². The number of methoxy groups -OCH3 is 2. The van der Waals surface area contributed by atoms with Crippen LogP contribution < -0.4 is 9.47 Å². The SMILES string of the molecule is COc1ccc(C2CCN(Cc3cccc(C(=O)O)c3)CC2)cc1OC. The summed E-state index contributed by atoms with van der Waals surface area (Å²) in [5.74, 6) is 1.17. The van der Waals surface area contributed by atoms with Gasteiger partial charge in [0.1, 0.15) is 0 Å². The number of hydrogen-bond donors (Lipinski definition) is 1. The van der Waals surface area contributed by atoms with Gasteiger partial charge in [-0.15, -0.1) is 0 Å². The van der Waals surface area contributed by atoms with E-state index < -0.39 is 5.97 Å². The van der Waals surface area contributed by atoms with Gasteiger partial charge in [0.2, 0.25) is 0 Å². The van der Waals surface area contributed by atoms with Crippen LogP contribution in [-0.4, -0.2) is 43.3 Å². The fraction of sp³-hybridized carbons (Fsp3) is 0.381. The Bertz CT molecular complexity index is 766. The third-order valence-electron chi connectivity index (χ3n) is 5.05. The molecule has 1 fully saturated rings. The molecule has 26 heavy (non-hydrogen) atoms. The van der Waals surface area contributed by atoms with Crippen LogP contribution in [0.4, 0.5) is 0 Å². The molecule has 1 N–H and O–H groups in total. The van der Waals surface area contributed by atoms with Crippen LogP contribution in [0.2, 0.25) is 0 Å². The van der Waals surface area contributed by atoms with Gasteiger partial charge in [0.15, 0.2) is 11.5 Å². The number of ether oxygens (including phenoxy) is 2. The zero-order chi connectivity index (χ0) is 18.5. The number of aromatic carboxylic acids is 1. The molecule has 5 heteroatoms. The first-order valence-corrected chi connectivity index (χ1v) is 8.87. The number of nitrogens with zero attached hydrogens (tertiary/aromatic N) is 1. The molecular formula is C21H25NO4. The van der Waals surface area contributed by atoms with Gasteiger partial charge in [-0.05, 0) is 67.2 Å². The third kappa shape index (κ3) is 4.17. The highest BCUT2D eigenvalue weighted by Gasteiger charge is 2.22. The quantitative estimate of drug-likeness (QED) is 0.854. The predicted molar refractivity (Wildman–Crippen MR) is 100 cm³/mol. The van der Waals surface area contributed by atoms with Crippen LogP contribution in [-0.2, 0) is 6.54 Å². The number of carboxylic acid groups (broad SMARTS) is 1. The molecule has 1 aliphatic heterocycles. The first-order valence-electron chi connectivity index (χ1n) is 8.87. The van der Waals surface area contributed by atoms with Crippen molar-refractivity contribution in [3.05, 3.63) is 59.2 Å². The summed E-state index contributed by atoms with van der Waals surface area (Å²) in [5.41, 5.74) is 2.69. The van der Waals surface area contributed by atoms with Crippen molar-refractivity contribution in [1.29, 1.82) is 0 Å². The molecule has 1 aliphatic rings. The maximum Gasteiger partial charge on any atom is 0.335 e. The Morgan fingerprint density at radius 2 is 1.81 bits per heavy atom. The molecule has 3 rings (SSSR count). The van der Waals surface area contributed by atoms with E-state index in [9.17, 15) is 4.79 Å². The van der Waals surface area contributed by atoms with Crippen molar-refractivity contribution >= 4 is 5.97 Å². The van der Waals surface area contributed by atoms with Crippen molar-refractivity contribution in [3.8, 4) is 11.5 Å². The van der Waals surface area contributed by atoms with Crippen molar-refractivity contribution in [3.63, 3.8) is 0 Å².